The van der Waals surface area contributed by atoms with Crippen molar-refractivity contribution in [3.63, 3.8) is 0 Å². The predicted octanol–water partition coefficient (Wildman–Crippen LogP) is 4.26. The van der Waals surface area contributed by atoms with E-state index in [2.05, 4.69) is 16.8 Å². The molecule has 4 rings (SSSR count). The topological polar surface area (TPSA) is 45.7 Å². The molecule has 1 aromatic heterocycles. The van der Waals surface area contributed by atoms with Crippen molar-refractivity contribution in [3.8, 4) is 5.75 Å². The summed E-state index contributed by atoms with van der Waals surface area (Å²) in [5, 5.41) is 2.90. The zero-order chi connectivity index (χ0) is 20.4. The van der Waals surface area contributed by atoms with Gasteiger partial charge in [-0.1, -0.05) is 0 Å². The summed E-state index contributed by atoms with van der Waals surface area (Å²) in [6, 6.07) is 5.27. The number of nitrogens with zero attached hydrogens (tertiary/aromatic N) is 3. The molecule has 5 nitrogen and oxygen atoms in total. The van der Waals surface area contributed by atoms with Gasteiger partial charge in [-0.05, 0) is 58.2 Å². The molecule has 156 valence electrons. The molecule has 2 saturated heterocycles. The maximum absolute atomic E-state index is 14.7. The fourth-order valence-electron chi connectivity index (χ4n) is 4.37. The molecule has 1 aromatic carbocycles. The second-order valence-corrected chi connectivity index (χ2v) is 9.13. The number of amides is 1. The van der Waals surface area contributed by atoms with Gasteiger partial charge in [-0.25, -0.2) is 9.37 Å². The number of hydrogen-bond donors (Lipinski definition) is 0. The quantitative estimate of drug-likeness (QED) is 0.705. The Morgan fingerprint density at radius 3 is 2.83 bits per heavy atom. The highest BCUT2D eigenvalue weighted by atomic mass is 32.1. The molecule has 2 aliphatic heterocycles. The van der Waals surface area contributed by atoms with E-state index >= 15 is 0 Å². The summed E-state index contributed by atoms with van der Waals surface area (Å²) in [7, 11) is 0. The van der Waals surface area contributed by atoms with Gasteiger partial charge in [0.05, 0.1) is 16.3 Å². The average molecular weight is 418 g/mol. The smallest absolute Gasteiger partial charge is 0.257 e. The van der Waals surface area contributed by atoms with E-state index in [0.29, 0.717) is 24.9 Å². The van der Waals surface area contributed by atoms with Crippen molar-refractivity contribution in [3.05, 3.63) is 45.7 Å². The van der Waals surface area contributed by atoms with Crippen LogP contribution < -0.4 is 4.74 Å². The number of carbonyl (C=O) groups is 1. The van der Waals surface area contributed by atoms with Gasteiger partial charge in [0.25, 0.3) is 5.91 Å². The number of hydrogen-bond acceptors (Lipinski definition) is 5. The molecule has 3 heterocycles. The van der Waals surface area contributed by atoms with Gasteiger partial charge in [-0.3, -0.25) is 9.69 Å². The number of carbonyl (C=O) groups excluding carboxylic acids is 1. The summed E-state index contributed by atoms with van der Waals surface area (Å²) < 4.78 is 20.4. The maximum atomic E-state index is 14.7. The van der Waals surface area contributed by atoms with Gasteiger partial charge < -0.3 is 9.64 Å². The number of thiazole rings is 1. The second-order valence-electron chi connectivity index (χ2n) is 8.07. The zero-order valence-electron chi connectivity index (χ0n) is 17.1. The average Bonchev–Trinajstić information content (AvgIpc) is 3.43. The number of rotatable bonds is 6. The van der Waals surface area contributed by atoms with E-state index in [1.165, 1.54) is 18.9 Å². The maximum Gasteiger partial charge on any atom is 0.257 e. The van der Waals surface area contributed by atoms with Crippen LogP contribution in [-0.4, -0.2) is 52.4 Å². The first-order chi connectivity index (χ1) is 14.0. The van der Waals surface area contributed by atoms with E-state index in [1.807, 2.05) is 17.2 Å². The number of likely N-dealkylation sites (tertiary alicyclic amines) is 2. The van der Waals surface area contributed by atoms with E-state index in [4.69, 9.17) is 4.74 Å². The Balaban J connectivity index is 1.40. The first-order valence-electron chi connectivity index (χ1n) is 10.4. The predicted molar refractivity (Wildman–Crippen MR) is 112 cm³/mol. The number of ether oxygens (including phenoxy) is 1. The second kappa shape index (κ2) is 8.79. The van der Waals surface area contributed by atoms with Crippen LogP contribution >= 0.6 is 11.3 Å². The van der Waals surface area contributed by atoms with Crippen molar-refractivity contribution in [1.82, 2.24) is 14.8 Å². The third-order valence-corrected chi connectivity index (χ3v) is 6.82. The summed E-state index contributed by atoms with van der Waals surface area (Å²) in [5.74, 6) is -0.325. The molecule has 1 amide bonds. The molecule has 0 N–H and O–H groups in total. The summed E-state index contributed by atoms with van der Waals surface area (Å²) in [5.41, 5.74) is 0.951. The van der Waals surface area contributed by atoms with Crippen molar-refractivity contribution in [1.29, 1.82) is 0 Å². The zero-order valence-corrected chi connectivity index (χ0v) is 17.9. The van der Waals surface area contributed by atoms with Crippen molar-refractivity contribution in [2.45, 2.75) is 58.2 Å². The molecule has 0 unspecified atom stereocenters. The Labute approximate surface area is 175 Å². The van der Waals surface area contributed by atoms with Crippen molar-refractivity contribution < 1.29 is 13.9 Å². The van der Waals surface area contributed by atoms with E-state index in [9.17, 15) is 9.18 Å². The molecular formula is C22H28FN3O2S. The first-order valence-corrected chi connectivity index (χ1v) is 11.3. The van der Waals surface area contributed by atoms with Crippen LogP contribution in [0.25, 0.3) is 0 Å². The number of halogens is 1. The van der Waals surface area contributed by atoms with Crippen LogP contribution in [0, 0.1) is 12.7 Å². The van der Waals surface area contributed by atoms with E-state index in [-0.39, 0.29) is 17.5 Å². The summed E-state index contributed by atoms with van der Waals surface area (Å²) in [6.07, 6.45) is 4.41. The summed E-state index contributed by atoms with van der Waals surface area (Å²) in [6.45, 7) is 7.16. The van der Waals surface area contributed by atoms with Crippen LogP contribution in [0.2, 0.25) is 0 Å². The van der Waals surface area contributed by atoms with Gasteiger partial charge >= 0.3 is 0 Å². The lowest BCUT2D eigenvalue weighted by molar-refractivity contribution is 0.0692. The third-order valence-electron chi connectivity index (χ3n) is 6.00. The van der Waals surface area contributed by atoms with Crippen molar-refractivity contribution >= 4 is 17.2 Å². The Hall–Kier alpha value is -1.99. The fourth-order valence-corrected chi connectivity index (χ4v) is 4.97. The monoisotopic (exact) mass is 417 g/mol. The molecule has 0 aliphatic carbocycles. The molecule has 2 atom stereocenters. The Morgan fingerprint density at radius 2 is 2.14 bits per heavy atom. The van der Waals surface area contributed by atoms with Crippen LogP contribution in [-0.2, 0) is 6.61 Å². The van der Waals surface area contributed by atoms with Crippen LogP contribution in [0.1, 0.15) is 53.7 Å². The highest BCUT2D eigenvalue weighted by Gasteiger charge is 2.33. The van der Waals surface area contributed by atoms with Crippen molar-refractivity contribution in [2.24, 2.45) is 0 Å². The summed E-state index contributed by atoms with van der Waals surface area (Å²) >= 11 is 1.56. The van der Waals surface area contributed by atoms with E-state index in [1.54, 1.807) is 23.5 Å². The highest BCUT2D eigenvalue weighted by Crippen LogP contribution is 2.26. The van der Waals surface area contributed by atoms with Crippen LogP contribution in [0.3, 0.4) is 0 Å². The van der Waals surface area contributed by atoms with Gasteiger partial charge in [0.1, 0.15) is 18.2 Å². The summed E-state index contributed by atoms with van der Waals surface area (Å²) in [4.78, 5) is 21.7. The van der Waals surface area contributed by atoms with Crippen LogP contribution in [0.15, 0.2) is 23.6 Å². The number of aryl methyl sites for hydroxylation is 1. The lowest BCUT2D eigenvalue weighted by atomic mass is 10.1. The van der Waals surface area contributed by atoms with Crippen molar-refractivity contribution in [2.75, 3.05) is 19.6 Å². The third kappa shape index (κ3) is 4.61. The van der Waals surface area contributed by atoms with Gasteiger partial charge in [-0.15, -0.1) is 11.3 Å². The molecule has 7 heteroatoms. The largest absolute Gasteiger partial charge is 0.487 e. The minimum absolute atomic E-state index is 0.128. The minimum Gasteiger partial charge on any atom is -0.487 e. The number of benzene rings is 1. The van der Waals surface area contributed by atoms with Gasteiger partial charge in [0.15, 0.2) is 0 Å². The molecule has 29 heavy (non-hydrogen) atoms. The van der Waals surface area contributed by atoms with Crippen LogP contribution in [0.5, 0.6) is 5.75 Å². The molecule has 0 bridgehead atoms. The lowest BCUT2D eigenvalue weighted by Gasteiger charge is -2.31. The highest BCUT2D eigenvalue weighted by molar-refractivity contribution is 7.09. The molecule has 2 aromatic rings. The molecule has 2 aliphatic rings. The molecular weight excluding hydrogens is 389 g/mol. The SMILES string of the molecule is Cc1nc(COc2ccc(C(=O)N3CCC[C@H]3CN3CCC[C@H]3C)c(F)c2)cs1. The molecule has 2 fully saturated rings. The van der Waals surface area contributed by atoms with Gasteiger partial charge in [-0.2, -0.15) is 0 Å². The lowest BCUT2D eigenvalue weighted by Crippen LogP contribution is -2.44. The first kappa shape index (κ1) is 20.3. The Bertz CT molecular complexity index is 871. The number of aromatic nitrogens is 1. The van der Waals surface area contributed by atoms with E-state index < -0.39 is 5.82 Å². The van der Waals surface area contributed by atoms with E-state index in [0.717, 1.165) is 36.6 Å². The Morgan fingerprint density at radius 1 is 1.31 bits per heavy atom. The molecule has 0 saturated carbocycles. The molecule has 0 spiro atoms. The standard InChI is InChI=1S/C22H28FN3O2S/c1-15-5-3-9-25(15)12-18-6-4-10-26(18)22(27)20-8-7-19(11-21(20)23)28-13-17-14-29-16(2)24-17/h7-8,11,14-15,18H,3-6,9-10,12-13H2,1-2H3/t15-,18+/m1/s1. The molecule has 0 radical (unpaired) electrons. The Kier molecular flexibility index (Phi) is 6.15. The van der Waals surface area contributed by atoms with Crippen LogP contribution in [0.4, 0.5) is 4.39 Å². The van der Waals surface area contributed by atoms with Gasteiger partial charge in [0, 0.05) is 36.6 Å². The minimum atomic E-state index is -0.526. The fraction of sp³-hybridized carbons (Fsp3) is 0.545. The normalized spacial score (nSPS) is 22.4. The van der Waals surface area contributed by atoms with Gasteiger partial charge in [0.2, 0.25) is 0 Å².